The van der Waals surface area contributed by atoms with Crippen molar-refractivity contribution in [2.45, 2.75) is 10.6 Å². The highest BCUT2D eigenvalue weighted by atomic mass is 32.2. The van der Waals surface area contributed by atoms with Gasteiger partial charge in [0.25, 0.3) is 0 Å². The highest BCUT2D eigenvalue weighted by Gasteiger charge is 2.09. The van der Waals surface area contributed by atoms with Crippen LogP contribution in [0.15, 0.2) is 41.3 Å². The first-order chi connectivity index (χ1) is 9.47. The molecule has 0 aromatic heterocycles. The van der Waals surface area contributed by atoms with Crippen LogP contribution in [0, 0.1) is 22.9 Å². The molecule has 2 nitrogen and oxygen atoms in total. The summed E-state index contributed by atoms with van der Waals surface area (Å²) in [5, 5.41) is 7.21. The third-order valence-corrected chi connectivity index (χ3v) is 3.74. The molecule has 0 spiro atoms. The van der Waals surface area contributed by atoms with Crippen molar-refractivity contribution in [3.8, 4) is 0 Å². The van der Waals surface area contributed by atoms with Gasteiger partial charge in [-0.25, -0.2) is 13.2 Å². The van der Waals surface area contributed by atoms with Gasteiger partial charge in [0, 0.05) is 22.3 Å². The summed E-state index contributed by atoms with van der Waals surface area (Å²) in [7, 11) is 0. The molecule has 0 aliphatic heterocycles. The molecule has 0 fully saturated rings. The van der Waals surface area contributed by atoms with Crippen LogP contribution < -0.4 is 5.73 Å². The lowest BCUT2D eigenvalue weighted by Gasteiger charge is -2.06. The van der Waals surface area contributed by atoms with Gasteiger partial charge in [0.15, 0.2) is 0 Å². The number of nitrogens with one attached hydrogen (secondary N) is 1. The maximum absolute atomic E-state index is 13.8. The number of nitrogen functional groups attached to an aromatic ring is 1. The summed E-state index contributed by atoms with van der Waals surface area (Å²) in [6.45, 7) is 0. The Labute approximate surface area is 118 Å². The summed E-state index contributed by atoms with van der Waals surface area (Å²) in [6, 6.07) is 7.46. The Morgan fingerprint density at radius 3 is 2.40 bits per heavy atom. The van der Waals surface area contributed by atoms with E-state index in [9.17, 15) is 13.2 Å². The molecule has 3 N–H and O–H groups in total. The van der Waals surface area contributed by atoms with Gasteiger partial charge >= 0.3 is 0 Å². The Morgan fingerprint density at radius 2 is 1.80 bits per heavy atom. The second kappa shape index (κ2) is 6.00. The molecular weight excluding hydrogens is 285 g/mol. The van der Waals surface area contributed by atoms with E-state index >= 15 is 0 Å². The van der Waals surface area contributed by atoms with E-state index in [0.29, 0.717) is 11.1 Å². The zero-order valence-electron chi connectivity index (χ0n) is 10.3. The number of nitrogens with two attached hydrogens (primary N) is 1. The Morgan fingerprint density at radius 1 is 1.05 bits per heavy atom. The summed E-state index contributed by atoms with van der Waals surface area (Å²) >= 11 is 1.07. The molecule has 0 amide bonds. The van der Waals surface area contributed by atoms with Crippen molar-refractivity contribution in [2.75, 3.05) is 0 Å². The van der Waals surface area contributed by atoms with Crippen molar-refractivity contribution < 1.29 is 13.2 Å². The van der Waals surface area contributed by atoms with Gasteiger partial charge in [-0.05, 0) is 23.8 Å². The number of benzene rings is 2. The largest absolute Gasteiger partial charge is 0.384 e. The van der Waals surface area contributed by atoms with Crippen LogP contribution in [0.5, 0.6) is 0 Å². The standard InChI is InChI=1S/C14H11F3N2S/c15-10-3-4-13(12(17)6-10)20-7-9-2-1-8(14(18)19)5-11(9)16/h1-6H,7H2,(H3,18,19). The van der Waals surface area contributed by atoms with Gasteiger partial charge in [-0.3, -0.25) is 5.41 Å². The van der Waals surface area contributed by atoms with Crippen LogP contribution >= 0.6 is 11.8 Å². The van der Waals surface area contributed by atoms with Gasteiger partial charge in [-0.1, -0.05) is 12.1 Å². The molecule has 104 valence electrons. The molecular formula is C14H11F3N2S. The monoisotopic (exact) mass is 296 g/mol. The van der Waals surface area contributed by atoms with Crippen LogP contribution in [0.4, 0.5) is 13.2 Å². The highest BCUT2D eigenvalue weighted by molar-refractivity contribution is 7.98. The van der Waals surface area contributed by atoms with Crippen LogP contribution in [-0.2, 0) is 5.75 Å². The average molecular weight is 296 g/mol. The lowest BCUT2D eigenvalue weighted by molar-refractivity contribution is 0.565. The Bertz CT molecular complexity index is 659. The minimum Gasteiger partial charge on any atom is -0.384 e. The number of amidine groups is 1. The van der Waals surface area contributed by atoms with Gasteiger partial charge < -0.3 is 5.73 Å². The normalized spacial score (nSPS) is 10.6. The van der Waals surface area contributed by atoms with Crippen LogP contribution in [0.25, 0.3) is 0 Å². The highest BCUT2D eigenvalue weighted by Crippen LogP contribution is 2.27. The van der Waals surface area contributed by atoms with Gasteiger partial charge in [-0.2, -0.15) is 0 Å². The predicted octanol–water partition coefficient (Wildman–Crippen LogP) is 3.68. The van der Waals surface area contributed by atoms with E-state index < -0.39 is 17.5 Å². The van der Waals surface area contributed by atoms with E-state index in [-0.39, 0.29) is 16.5 Å². The Balaban J connectivity index is 2.13. The van der Waals surface area contributed by atoms with Crippen molar-refractivity contribution in [2.24, 2.45) is 5.73 Å². The number of halogens is 3. The quantitative estimate of drug-likeness (QED) is 0.513. The summed E-state index contributed by atoms with van der Waals surface area (Å²) in [4.78, 5) is 0.251. The molecule has 2 aromatic rings. The summed E-state index contributed by atoms with van der Waals surface area (Å²) in [5.74, 6) is -1.84. The molecule has 0 atom stereocenters. The van der Waals surface area contributed by atoms with Crippen molar-refractivity contribution >= 4 is 17.6 Å². The van der Waals surface area contributed by atoms with E-state index in [1.165, 1.54) is 24.3 Å². The topological polar surface area (TPSA) is 49.9 Å². The average Bonchev–Trinajstić information content (AvgIpc) is 2.38. The van der Waals surface area contributed by atoms with Crippen molar-refractivity contribution in [3.63, 3.8) is 0 Å². The fraction of sp³-hybridized carbons (Fsp3) is 0.0714. The van der Waals surface area contributed by atoms with E-state index in [1.807, 2.05) is 0 Å². The molecule has 0 aliphatic carbocycles. The van der Waals surface area contributed by atoms with Crippen molar-refractivity contribution in [3.05, 3.63) is 65.0 Å². The van der Waals surface area contributed by atoms with Gasteiger partial charge in [0.2, 0.25) is 0 Å². The molecule has 2 aromatic carbocycles. The molecule has 0 radical (unpaired) electrons. The Kier molecular flexibility index (Phi) is 4.34. The Hall–Kier alpha value is -1.95. The van der Waals surface area contributed by atoms with Crippen LogP contribution in [0.3, 0.4) is 0 Å². The molecule has 20 heavy (non-hydrogen) atoms. The lowest BCUT2D eigenvalue weighted by Crippen LogP contribution is -2.11. The number of hydrogen-bond acceptors (Lipinski definition) is 2. The third-order valence-electron chi connectivity index (χ3n) is 2.64. The minimum atomic E-state index is -0.671. The maximum atomic E-state index is 13.8. The number of rotatable bonds is 4. The predicted molar refractivity (Wildman–Crippen MR) is 73.3 cm³/mol. The minimum absolute atomic E-state index is 0.201. The second-order valence-electron chi connectivity index (χ2n) is 4.08. The first-order valence-electron chi connectivity index (χ1n) is 5.68. The first-order valence-corrected chi connectivity index (χ1v) is 6.66. The van der Waals surface area contributed by atoms with Crippen LogP contribution in [0.1, 0.15) is 11.1 Å². The second-order valence-corrected chi connectivity index (χ2v) is 5.10. The van der Waals surface area contributed by atoms with Gasteiger partial charge in [-0.15, -0.1) is 11.8 Å². The van der Waals surface area contributed by atoms with Gasteiger partial charge in [0.05, 0.1) is 0 Å². The molecule has 0 saturated carbocycles. The van der Waals surface area contributed by atoms with E-state index in [4.69, 9.17) is 11.1 Å². The smallest absolute Gasteiger partial charge is 0.139 e. The van der Waals surface area contributed by atoms with Crippen LogP contribution in [-0.4, -0.2) is 5.84 Å². The van der Waals surface area contributed by atoms with Crippen LogP contribution in [0.2, 0.25) is 0 Å². The third kappa shape index (κ3) is 3.33. The van der Waals surface area contributed by atoms with E-state index in [1.54, 1.807) is 0 Å². The van der Waals surface area contributed by atoms with Gasteiger partial charge in [0.1, 0.15) is 23.3 Å². The number of thioether (sulfide) groups is 1. The maximum Gasteiger partial charge on any atom is 0.139 e. The molecule has 0 bridgehead atoms. The summed E-state index contributed by atoms with van der Waals surface area (Å²) in [5.41, 5.74) is 5.92. The molecule has 0 unspecified atom stereocenters. The van der Waals surface area contributed by atoms with E-state index in [2.05, 4.69) is 0 Å². The summed E-state index contributed by atoms with van der Waals surface area (Å²) in [6.07, 6.45) is 0. The zero-order valence-corrected chi connectivity index (χ0v) is 11.1. The van der Waals surface area contributed by atoms with Crippen molar-refractivity contribution in [1.82, 2.24) is 0 Å². The number of hydrogen-bond donors (Lipinski definition) is 2. The summed E-state index contributed by atoms with van der Waals surface area (Å²) < 4.78 is 39.9. The fourth-order valence-corrected chi connectivity index (χ4v) is 2.49. The fourth-order valence-electron chi connectivity index (χ4n) is 1.58. The molecule has 0 heterocycles. The van der Waals surface area contributed by atoms with Crippen molar-refractivity contribution in [1.29, 1.82) is 5.41 Å². The molecule has 0 saturated heterocycles. The SMILES string of the molecule is N=C(N)c1ccc(CSc2ccc(F)cc2F)c(F)c1. The molecule has 2 rings (SSSR count). The first kappa shape index (κ1) is 14.5. The van der Waals surface area contributed by atoms with E-state index in [0.717, 1.165) is 23.9 Å². The zero-order chi connectivity index (χ0) is 14.7. The molecule has 6 heteroatoms. The lowest BCUT2D eigenvalue weighted by atomic mass is 10.1. The molecule has 0 aliphatic rings.